The van der Waals surface area contributed by atoms with Gasteiger partial charge in [-0.3, -0.25) is 4.79 Å². The van der Waals surface area contributed by atoms with E-state index in [1.165, 1.54) is 0 Å². The molecule has 5 nitrogen and oxygen atoms in total. The number of aryl methyl sites for hydroxylation is 1. The number of pyridine rings is 1. The van der Waals surface area contributed by atoms with Crippen molar-refractivity contribution in [3.63, 3.8) is 0 Å². The molecule has 0 aliphatic rings. The van der Waals surface area contributed by atoms with Gasteiger partial charge in [-0.25, -0.2) is 4.79 Å². The van der Waals surface area contributed by atoms with Crippen molar-refractivity contribution in [2.45, 2.75) is 20.3 Å². The van der Waals surface area contributed by atoms with Crippen LogP contribution in [0, 0.1) is 6.92 Å². The van der Waals surface area contributed by atoms with Crippen molar-refractivity contribution in [1.29, 1.82) is 0 Å². The number of carbonyl (C=O) groups is 1. The maximum Gasteiger partial charge on any atom is 0.345 e. The second-order valence-corrected chi connectivity index (χ2v) is 4.56. The van der Waals surface area contributed by atoms with Crippen LogP contribution in [0.4, 0.5) is 0 Å². The van der Waals surface area contributed by atoms with E-state index in [0.717, 1.165) is 11.1 Å². The Kier molecular flexibility index (Phi) is 3.61. The number of nitrogens with one attached hydrogen (secondary N) is 1. The summed E-state index contributed by atoms with van der Waals surface area (Å²) in [6.45, 7) is 3.73. The maximum absolute atomic E-state index is 11.8. The highest BCUT2D eigenvalue weighted by molar-refractivity contribution is 5.91. The number of hydrogen-bond acceptors (Lipinski definition) is 3. The Morgan fingerprint density at radius 2 is 1.85 bits per heavy atom. The lowest BCUT2D eigenvalue weighted by atomic mass is 10.00. The molecule has 0 aliphatic carbocycles. The number of rotatable bonds is 3. The average molecular weight is 273 g/mol. The first-order valence-electron chi connectivity index (χ1n) is 6.24. The van der Waals surface area contributed by atoms with Gasteiger partial charge in [-0.15, -0.1) is 0 Å². The van der Waals surface area contributed by atoms with Crippen LogP contribution in [0.5, 0.6) is 5.75 Å². The Morgan fingerprint density at radius 1 is 1.25 bits per heavy atom. The molecule has 0 radical (unpaired) electrons. The maximum atomic E-state index is 11.8. The molecule has 3 N–H and O–H groups in total. The Hall–Kier alpha value is -2.56. The molecular weight excluding hydrogens is 258 g/mol. The number of carboxylic acid groups (broad SMARTS) is 1. The third-order valence-electron chi connectivity index (χ3n) is 3.20. The van der Waals surface area contributed by atoms with Gasteiger partial charge in [0, 0.05) is 5.56 Å². The quantitative estimate of drug-likeness (QED) is 0.800. The van der Waals surface area contributed by atoms with Crippen molar-refractivity contribution >= 4 is 5.97 Å². The Morgan fingerprint density at radius 3 is 2.35 bits per heavy atom. The van der Waals surface area contributed by atoms with E-state index in [0.29, 0.717) is 17.7 Å². The predicted octanol–water partition coefficient (Wildman–Crippen LogP) is 2.32. The van der Waals surface area contributed by atoms with Crippen LogP contribution in [-0.4, -0.2) is 21.2 Å². The zero-order chi connectivity index (χ0) is 14.9. The van der Waals surface area contributed by atoms with E-state index >= 15 is 0 Å². The summed E-state index contributed by atoms with van der Waals surface area (Å²) in [6.07, 6.45) is 0.409. The lowest BCUT2D eigenvalue weighted by Crippen LogP contribution is -2.20. The molecule has 0 bridgehead atoms. The summed E-state index contributed by atoms with van der Waals surface area (Å²) in [7, 11) is 0. The van der Waals surface area contributed by atoms with Gasteiger partial charge in [0.2, 0.25) is 0 Å². The number of benzene rings is 1. The van der Waals surface area contributed by atoms with Crippen LogP contribution in [-0.2, 0) is 6.42 Å². The number of aromatic nitrogens is 1. The van der Waals surface area contributed by atoms with Crippen molar-refractivity contribution in [3.05, 3.63) is 51.3 Å². The first kappa shape index (κ1) is 13.9. The lowest BCUT2D eigenvalue weighted by Gasteiger charge is -2.12. The van der Waals surface area contributed by atoms with Crippen LogP contribution in [0.15, 0.2) is 29.1 Å². The molecule has 0 aliphatic heterocycles. The Balaban J connectivity index is 2.75. The van der Waals surface area contributed by atoms with Gasteiger partial charge in [-0.1, -0.05) is 36.8 Å². The fourth-order valence-corrected chi connectivity index (χ4v) is 2.14. The highest BCUT2D eigenvalue weighted by Gasteiger charge is 2.21. The van der Waals surface area contributed by atoms with Crippen LogP contribution >= 0.6 is 0 Å². The highest BCUT2D eigenvalue weighted by Crippen LogP contribution is 2.29. The molecule has 2 rings (SSSR count). The van der Waals surface area contributed by atoms with E-state index in [-0.39, 0.29) is 0 Å². The lowest BCUT2D eigenvalue weighted by molar-refractivity contribution is 0.0691. The molecular formula is C15H15NO4. The van der Waals surface area contributed by atoms with Crippen LogP contribution < -0.4 is 5.56 Å². The minimum Gasteiger partial charge on any atom is -0.506 e. The van der Waals surface area contributed by atoms with E-state index in [9.17, 15) is 14.7 Å². The van der Waals surface area contributed by atoms with Crippen LogP contribution in [0.25, 0.3) is 11.3 Å². The molecule has 0 atom stereocenters. The van der Waals surface area contributed by atoms with Crippen LogP contribution in [0.1, 0.15) is 28.4 Å². The minimum atomic E-state index is -1.44. The first-order chi connectivity index (χ1) is 9.45. The number of aromatic amines is 1. The Labute approximate surface area is 115 Å². The fourth-order valence-electron chi connectivity index (χ4n) is 2.14. The summed E-state index contributed by atoms with van der Waals surface area (Å²) >= 11 is 0. The largest absolute Gasteiger partial charge is 0.506 e. The number of carboxylic acids is 1. The molecule has 1 aromatic carbocycles. The topological polar surface area (TPSA) is 90.4 Å². The monoisotopic (exact) mass is 273 g/mol. The molecule has 0 unspecified atom stereocenters. The Bertz CT molecular complexity index is 714. The van der Waals surface area contributed by atoms with E-state index in [4.69, 9.17) is 5.11 Å². The summed E-state index contributed by atoms with van der Waals surface area (Å²) in [5.74, 6) is -1.90. The highest BCUT2D eigenvalue weighted by atomic mass is 16.4. The molecule has 104 valence electrons. The third-order valence-corrected chi connectivity index (χ3v) is 3.20. The van der Waals surface area contributed by atoms with E-state index in [1.54, 1.807) is 6.92 Å². The minimum absolute atomic E-state index is 0.409. The second kappa shape index (κ2) is 5.21. The molecule has 1 heterocycles. The predicted molar refractivity (Wildman–Crippen MR) is 75.2 cm³/mol. The summed E-state index contributed by atoms with van der Waals surface area (Å²) in [5.41, 5.74) is 1.27. The molecule has 0 saturated carbocycles. The van der Waals surface area contributed by atoms with Gasteiger partial charge in [0.05, 0.1) is 5.69 Å². The molecule has 1 aromatic heterocycles. The van der Waals surface area contributed by atoms with Crippen LogP contribution in [0.3, 0.4) is 0 Å². The summed E-state index contributed by atoms with van der Waals surface area (Å²) in [6, 6.07) is 7.41. The standard InChI is InChI=1S/C15H15NO4/c1-3-10-12(9-6-4-8(2)5-7-9)16-14(18)11(13(10)17)15(19)20/h4-7H,3H2,1-2H3,(H,19,20)(H2,16,17,18). The molecule has 2 aromatic rings. The van der Waals surface area contributed by atoms with Gasteiger partial charge in [0.1, 0.15) is 5.75 Å². The zero-order valence-corrected chi connectivity index (χ0v) is 11.2. The van der Waals surface area contributed by atoms with Gasteiger partial charge >= 0.3 is 5.97 Å². The normalized spacial score (nSPS) is 10.5. The van der Waals surface area contributed by atoms with Crippen LogP contribution in [0.2, 0.25) is 0 Å². The first-order valence-corrected chi connectivity index (χ1v) is 6.24. The molecule has 0 amide bonds. The van der Waals surface area contributed by atoms with Gasteiger partial charge < -0.3 is 15.2 Å². The van der Waals surface area contributed by atoms with Crippen molar-refractivity contribution < 1.29 is 15.0 Å². The van der Waals surface area contributed by atoms with Gasteiger partial charge in [-0.05, 0) is 18.9 Å². The summed E-state index contributed by atoms with van der Waals surface area (Å²) in [4.78, 5) is 25.4. The fraction of sp³-hybridized carbons (Fsp3) is 0.200. The van der Waals surface area contributed by atoms with E-state index in [2.05, 4.69) is 4.98 Å². The van der Waals surface area contributed by atoms with Crippen molar-refractivity contribution in [1.82, 2.24) is 4.98 Å². The zero-order valence-electron chi connectivity index (χ0n) is 11.2. The van der Waals surface area contributed by atoms with Crippen molar-refractivity contribution in [2.75, 3.05) is 0 Å². The summed E-state index contributed by atoms with van der Waals surface area (Å²) < 4.78 is 0. The molecule has 20 heavy (non-hydrogen) atoms. The number of hydrogen-bond donors (Lipinski definition) is 3. The molecule has 5 heteroatoms. The SMILES string of the molecule is CCc1c(-c2ccc(C)cc2)[nH]c(=O)c(C(=O)O)c1O. The third kappa shape index (κ3) is 2.30. The number of H-pyrrole nitrogens is 1. The molecule has 0 spiro atoms. The summed E-state index contributed by atoms with van der Waals surface area (Å²) in [5, 5.41) is 19.0. The smallest absolute Gasteiger partial charge is 0.345 e. The van der Waals surface area contributed by atoms with Crippen molar-refractivity contribution in [3.8, 4) is 17.0 Å². The van der Waals surface area contributed by atoms with Gasteiger partial charge in [0.15, 0.2) is 5.56 Å². The second-order valence-electron chi connectivity index (χ2n) is 4.56. The molecule has 0 fully saturated rings. The average Bonchev–Trinajstić information content (AvgIpc) is 2.38. The number of aromatic hydroxyl groups is 1. The van der Waals surface area contributed by atoms with Gasteiger partial charge in [0.25, 0.3) is 5.56 Å². The number of aromatic carboxylic acids is 1. The van der Waals surface area contributed by atoms with E-state index < -0.39 is 22.8 Å². The van der Waals surface area contributed by atoms with Crippen molar-refractivity contribution in [2.24, 2.45) is 0 Å². The molecule has 0 saturated heterocycles. The van der Waals surface area contributed by atoms with Gasteiger partial charge in [-0.2, -0.15) is 0 Å². The van der Waals surface area contributed by atoms with E-state index in [1.807, 2.05) is 31.2 Å².